The normalized spacial score (nSPS) is 14.1. The summed E-state index contributed by atoms with van der Waals surface area (Å²) in [5, 5.41) is 6.14. The maximum Gasteiger partial charge on any atom is 0.293 e. The van der Waals surface area contributed by atoms with E-state index in [0.29, 0.717) is 11.4 Å². The van der Waals surface area contributed by atoms with Gasteiger partial charge in [0, 0.05) is 66.6 Å². The van der Waals surface area contributed by atoms with Crippen molar-refractivity contribution in [2.75, 3.05) is 28.6 Å². The van der Waals surface area contributed by atoms with E-state index in [1.807, 2.05) is 70.2 Å². The van der Waals surface area contributed by atoms with E-state index in [9.17, 15) is 9.59 Å². The van der Waals surface area contributed by atoms with E-state index in [1.54, 1.807) is 19.4 Å². The Morgan fingerprint density at radius 3 is 2.38 bits per heavy atom. The van der Waals surface area contributed by atoms with E-state index in [4.69, 9.17) is 5.73 Å². The van der Waals surface area contributed by atoms with Gasteiger partial charge in [0.2, 0.25) is 0 Å². The van der Waals surface area contributed by atoms with Crippen molar-refractivity contribution in [2.24, 2.45) is 12.8 Å². The number of rotatable bonds is 6. The molecular formula is C32H38N8O2. The Hall–Kier alpha value is -4.57. The topological polar surface area (TPSA) is 131 Å². The standard InChI is InChI=1S/C32H38N8O2/c1-20-24(7-6-8-25(20)38-30(41)26-17-35-28(18-34-26)32(2,3)4)27-19-39(5)31(42)29(37-27)36-22-9-11-23(12-10-22)40-15-13-21(33)14-16-40/h6-12,17-19,21H,13-16,33H2,1-5H3,(H,36,37)(H,38,41). The molecule has 3 heterocycles. The quantitative estimate of drug-likeness (QED) is 0.304. The largest absolute Gasteiger partial charge is 0.371 e. The molecule has 4 aromatic rings. The molecule has 1 amide bonds. The molecule has 5 rings (SSSR count). The first-order chi connectivity index (χ1) is 20.0. The number of nitrogens with zero attached hydrogens (tertiary/aromatic N) is 5. The van der Waals surface area contributed by atoms with Crippen LogP contribution >= 0.6 is 0 Å². The Kier molecular flexibility index (Phi) is 8.08. The number of benzene rings is 2. The summed E-state index contributed by atoms with van der Waals surface area (Å²) in [6.07, 6.45) is 6.79. The van der Waals surface area contributed by atoms with Crippen LogP contribution in [0.25, 0.3) is 11.3 Å². The average molecular weight is 567 g/mol. The summed E-state index contributed by atoms with van der Waals surface area (Å²) in [7, 11) is 1.70. The zero-order chi connectivity index (χ0) is 30.0. The first-order valence-electron chi connectivity index (χ1n) is 14.2. The summed E-state index contributed by atoms with van der Waals surface area (Å²) in [5.41, 5.74) is 11.4. The molecule has 0 saturated carbocycles. The fraction of sp³-hybridized carbons (Fsp3) is 0.344. The highest BCUT2D eigenvalue weighted by Crippen LogP contribution is 2.29. The molecule has 0 unspecified atom stereocenters. The van der Waals surface area contributed by atoms with E-state index < -0.39 is 0 Å². The summed E-state index contributed by atoms with van der Waals surface area (Å²) in [4.78, 5) is 41.7. The number of aromatic nitrogens is 4. The maximum absolute atomic E-state index is 13.0. The van der Waals surface area contributed by atoms with Gasteiger partial charge in [-0.05, 0) is 55.7 Å². The zero-order valence-corrected chi connectivity index (χ0v) is 24.8. The monoisotopic (exact) mass is 566 g/mol. The van der Waals surface area contributed by atoms with Crippen LogP contribution in [0.2, 0.25) is 0 Å². The van der Waals surface area contributed by atoms with Gasteiger partial charge in [-0.15, -0.1) is 0 Å². The molecule has 2 aromatic carbocycles. The Morgan fingerprint density at radius 2 is 1.74 bits per heavy atom. The lowest BCUT2D eigenvalue weighted by molar-refractivity contribution is 0.102. The van der Waals surface area contributed by atoms with Crippen LogP contribution in [0.15, 0.2) is 65.8 Å². The molecule has 0 spiro atoms. The summed E-state index contributed by atoms with van der Waals surface area (Å²) < 4.78 is 1.51. The minimum Gasteiger partial charge on any atom is -0.371 e. The molecule has 10 nitrogen and oxygen atoms in total. The van der Waals surface area contributed by atoms with Gasteiger partial charge in [0.15, 0.2) is 5.82 Å². The van der Waals surface area contributed by atoms with Crippen molar-refractivity contribution in [3.8, 4) is 11.3 Å². The summed E-state index contributed by atoms with van der Waals surface area (Å²) >= 11 is 0. The van der Waals surface area contributed by atoms with Crippen LogP contribution in [-0.4, -0.2) is 44.6 Å². The van der Waals surface area contributed by atoms with Crippen molar-refractivity contribution >= 4 is 28.8 Å². The van der Waals surface area contributed by atoms with Crippen LogP contribution in [-0.2, 0) is 12.5 Å². The Labute approximate surface area is 246 Å². The van der Waals surface area contributed by atoms with Crippen molar-refractivity contribution in [3.05, 3.63) is 88.4 Å². The lowest BCUT2D eigenvalue weighted by atomic mass is 9.93. The first-order valence-corrected chi connectivity index (χ1v) is 14.2. The molecule has 218 valence electrons. The molecule has 0 atom stereocenters. The lowest BCUT2D eigenvalue weighted by Crippen LogP contribution is -2.39. The maximum atomic E-state index is 13.0. The number of aryl methyl sites for hydroxylation is 1. The molecule has 42 heavy (non-hydrogen) atoms. The third-order valence-electron chi connectivity index (χ3n) is 7.62. The number of nitrogens with two attached hydrogens (primary N) is 1. The molecule has 0 aliphatic carbocycles. The highest BCUT2D eigenvalue weighted by atomic mass is 16.2. The molecule has 1 aliphatic heterocycles. The van der Waals surface area contributed by atoms with Gasteiger partial charge in [-0.1, -0.05) is 32.9 Å². The molecule has 0 bridgehead atoms. The molecule has 10 heteroatoms. The molecule has 1 aliphatic rings. The van der Waals surface area contributed by atoms with E-state index in [1.165, 1.54) is 10.8 Å². The van der Waals surface area contributed by atoms with E-state index in [0.717, 1.165) is 54.1 Å². The van der Waals surface area contributed by atoms with Gasteiger partial charge in [0.05, 0.1) is 17.6 Å². The number of piperidine rings is 1. The van der Waals surface area contributed by atoms with Gasteiger partial charge in [-0.3, -0.25) is 14.6 Å². The second kappa shape index (κ2) is 11.7. The van der Waals surface area contributed by atoms with Crippen LogP contribution < -0.4 is 26.8 Å². The highest BCUT2D eigenvalue weighted by Gasteiger charge is 2.19. The van der Waals surface area contributed by atoms with E-state index in [2.05, 4.69) is 30.5 Å². The third kappa shape index (κ3) is 6.33. The second-order valence-corrected chi connectivity index (χ2v) is 11.9. The summed E-state index contributed by atoms with van der Waals surface area (Å²) in [6.45, 7) is 9.92. The van der Waals surface area contributed by atoms with Crippen molar-refractivity contribution in [1.29, 1.82) is 0 Å². The highest BCUT2D eigenvalue weighted by molar-refractivity contribution is 6.03. The first kappa shape index (κ1) is 28.9. The van der Waals surface area contributed by atoms with Crippen LogP contribution in [0.5, 0.6) is 0 Å². The van der Waals surface area contributed by atoms with Crippen molar-refractivity contribution in [3.63, 3.8) is 0 Å². The molecule has 1 fully saturated rings. The van der Waals surface area contributed by atoms with Gasteiger partial charge < -0.3 is 25.8 Å². The van der Waals surface area contributed by atoms with E-state index >= 15 is 0 Å². The van der Waals surface area contributed by atoms with Crippen LogP contribution in [0, 0.1) is 6.92 Å². The number of carbonyl (C=O) groups is 1. The Morgan fingerprint density at radius 1 is 1.02 bits per heavy atom. The van der Waals surface area contributed by atoms with Crippen LogP contribution in [0.3, 0.4) is 0 Å². The van der Waals surface area contributed by atoms with Gasteiger partial charge in [0.1, 0.15) is 5.69 Å². The number of nitrogens with one attached hydrogen (secondary N) is 2. The third-order valence-corrected chi connectivity index (χ3v) is 7.62. The summed E-state index contributed by atoms with van der Waals surface area (Å²) in [6, 6.07) is 13.9. The Balaban J connectivity index is 1.36. The molecule has 1 saturated heterocycles. The van der Waals surface area contributed by atoms with Crippen molar-refractivity contribution in [2.45, 2.75) is 52.0 Å². The predicted octanol–water partition coefficient (Wildman–Crippen LogP) is 4.77. The lowest BCUT2D eigenvalue weighted by Gasteiger charge is -2.32. The smallest absolute Gasteiger partial charge is 0.293 e. The number of anilines is 4. The minimum atomic E-state index is -0.352. The average Bonchev–Trinajstić information content (AvgIpc) is 2.97. The SMILES string of the molecule is Cc1c(NC(=O)c2cnc(C(C)(C)C)cn2)cccc1-c1cn(C)c(=O)c(Nc2ccc(N3CCC(N)CC3)cc2)n1. The van der Waals surface area contributed by atoms with E-state index in [-0.39, 0.29) is 34.4 Å². The number of carbonyl (C=O) groups excluding carboxylic acids is 1. The predicted molar refractivity (Wildman–Crippen MR) is 167 cm³/mol. The minimum absolute atomic E-state index is 0.158. The van der Waals surface area contributed by atoms with Gasteiger partial charge in [-0.2, -0.15) is 0 Å². The molecule has 2 aromatic heterocycles. The van der Waals surface area contributed by atoms with Crippen LogP contribution in [0.1, 0.15) is 55.4 Å². The zero-order valence-electron chi connectivity index (χ0n) is 24.8. The number of hydrogen-bond donors (Lipinski definition) is 3. The molecule has 0 radical (unpaired) electrons. The van der Waals surface area contributed by atoms with Gasteiger partial charge in [-0.25, -0.2) is 9.97 Å². The fourth-order valence-electron chi connectivity index (χ4n) is 4.93. The fourth-order valence-corrected chi connectivity index (χ4v) is 4.93. The summed E-state index contributed by atoms with van der Waals surface area (Å²) in [5.74, 6) is -0.135. The number of amides is 1. The van der Waals surface area contributed by atoms with Gasteiger partial charge >= 0.3 is 0 Å². The second-order valence-electron chi connectivity index (χ2n) is 11.9. The van der Waals surface area contributed by atoms with Crippen LogP contribution in [0.4, 0.5) is 22.9 Å². The van der Waals surface area contributed by atoms with Crippen molar-refractivity contribution in [1.82, 2.24) is 19.5 Å². The Bertz CT molecular complexity index is 1630. The molecule has 4 N–H and O–H groups in total. The van der Waals surface area contributed by atoms with Crippen molar-refractivity contribution < 1.29 is 4.79 Å². The number of hydrogen-bond acceptors (Lipinski definition) is 8. The van der Waals surface area contributed by atoms with Gasteiger partial charge in [0.25, 0.3) is 11.5 Å². The molecular weight excluding hydrogens is 528 g/mol.